The highest BCUT2D eigenvalue weighted by molar-refractivity contribution is 5.96. The number of anilines is 1. The molecule has 3 aromatic rings. The third kappa shape index (κ3) is 2.48. The van der Waals surface area contributed by atoms with E-state index in [1.54, 1.807) is 7.11 Å². The second-order valence-corrected chi connectivity index (χ2v) is 6.21. The van der Waals surface area contributed by atoms with Gasteiger partial charge in [0.1, 0.15) is 5.75 Å². The van der Waals surface area contributed by atoms with E-state index in [4.69, 9.17) is 4.74 Å². The fraction of sp³-hybridized carbons (Fsp3) is 0.278. The van der Waals surface area contributed by atoms with Crippen molar-refractivity contribution in [2.24, 2.45) is 7.05 Å². The molecule has 7 heteroatoms. The summed E-state index contributed by atoms with van der Waals surface area (Å²) in [5.74, 6) is 1.24. The summed E-state index contributed by atoms with van der Waals surface area (Å²) < 4.78 is 7.16. The van der Waals surface area contributed by atoms with Gasteiger partial charge >= 0.3 is 0 Å². The number of carbonyl (C=O) groups is 1. The third-order valence-corrected chi connectivity index (χ3v) is 4.81. The van der Waals surface area contributed by atoms with E-state index in [9.17, 15) is 4.79 Å². The molecule has 7 nitrogen and oxygen atoms in total. The SMILES string of the molecule is COc1cccc(-c2[nH]nc3c2C(c2cnn(C)c2C)CC(=O)N3)c1. The van der Waals surface area contributed by atoms with E-state index in [0.717, 1.165) is 33.8 Å². The number of ether oxygens (including phenoxy) is 1. The summed E-state index contributed by atoms with van der Waals surface area (Å²) in [6.45, 7) is 2.01. The maximum absolute atomic E-state index is 12.2. The van der Waals surface area contributed by atoms with Crippen LogP contribution < -0.4 is 10.1 Å². The quantitative estimate of drug-likeness (QED) is 0.769. The number of aromatic nitrogens is 4. The first kappa shape index (κ1) is 15.4. The van der Waals surface area contributed by atoms with E-state index in [1.807, 2.05) is 49.1 Å². The molecule has 1 aliphatic rings. The second kappa shape index (κ2) is 5.77. The lowest BCUT2D eigenvalue weighted by Crippen LogP contribution is -2.23. The number of aromatic amines is 1. The number of nitrogens with zero attached hydrogens (tertiary/aromatic N) is 3. The minimum absolute atomic E-state index is 0.0376. The Bertz CT molecular complexity index is 956. The Hall–Kier alpha value is -3.09. The fourth-order valence-electron chi connectivity index (χ4n) is 3.38. The molecule has 0 bridgehead atoms. The van der Waals surface area contributed by atoms with Gasteiger partial charge in [-0.15, -0.1) is 0 Å². The molecule has 2 N–H and O–H groups in total. The van der Waals surface area contributed by atoms with E-state index < -0.39 is 0 Å². The number of methoxy groups -OCH3 is 1. The lowest BCUT2D eigenvalue weighted by atomic mass is 9.84. The summed E-state index contributed by atoms with van der Waals surface area (Å²) >= 11 is 0. The van der Waals surface area contributed by atoms with Crippen molar-refractivity contribution < 1.29 is 9.53 Å². The molecule has 1 unspecified atom stereocenters. The molecule has 2 aromatic heterocycles. The van der Waals surface area contributed by atoms with Crippen LogP contribution in [0, 0.1) is 6.92 Å². The average molecular weight is 337 g/mol. The number of carbonyl (C=O) groups excluding carboxylic acids is 1. The number of hydrogen-bond donors (Lipinski definition) is 2. The van der Waals surface area contributed by atoms with Crippen LogP contribution in [0.5, 0.6) is 5.75 Å². The van der Waals surface area contributed by atoms with E-state index in [2.05, 4.69) is 20.6 Å². The number of H-pyrrole nitrogens is 1. The van der Waals surface area contributed by atoms with Gasteiger partial charge in [0.25, 0.3) is 0 Å². The maximum Gasteiger partial charge on any atom is 0.226 e. The largest absolute Gasteiger partial charge is 0.497 e. The summed E-state index contributed by atoms with van der Waals surface area (Å²) in [4.78, 5) is 12.2. The summed E-state index contributed by atoms with van der Waals surface area (Å²) in [5, 5.41) is 14.6. The Morgan fingerprint density at radius 2 is 2.20 bits per heavy atom. The van der Waals surface area contributed by atoms with Gasteiger partial charge in [-0.25, -0.2) is 0 Å². The highest BCUT2D eigenvalue weighted by atomic mass is 16.5. The zero-order valence-corrected chi connectivity index (χ0v) is 14.3. The lowest BCUT2D eigenvalue weighted by Gasteiger charge is -2.23. The minimum Gasteiger partial charge on any atom is -0.497 e. The molecule has 0 saturated heterocycles. The molecule has 3 heterocycles. The van der Waals surface area contributed by atoms with Gasteiger partial charge in [0.05, 0.1) is 19.0 Å². The molecule has 128 valence electrons. The molecule has 25 heavy (non-hydrogen) atoms. The number of amides is 1. The molecule has 0 radical (unpaired) electrons. The molecule has 4 rings (SSSR count). The number of nitrogens with one attached hydrogen (secondary N) is 2. The Balaban J connectivity index is 1.88. The molecule has 0 aliphatic carbocycles. The van der Waals surface area contributed by atoms with Gasteiger partial charge in [-0.05, 0) is 19.1 Å². The zero-order valence-electron chi connectivity index (χ0n) is 14.3. The molecule has 1 atom stereocenters. The highest BCUT2D eigenvalue weighted by Gasteiger charge is 2.33. The van der Waals surface area contributed by atoms with Gasteiger partial charge < -0.3 is 10.1 Å². The average Bonchev–Trinajstić information content (AvgIpc) is 3.18. The monoisotopic (exact) mass is 337 g/mol. The first-order valence-electron chi connectivity index (χ1n) is 8.09. The molecule has 0 saturated carbocycles. The fourth-order valence-corrected chi connectivity index (χ4v) is 3.38. The van der Waals surface area contributed by atoms with Crippen LogP contribution in [0.25, 0.3) is 11.3 Å². The Morgan fingerprint density at radius 1 is 1.36 bits per heavy atom. The Labute approximate surface area is 145 Å². The third-order valence-electron chi connectivity index (χ3n) is 4.81. The van der Waals surface area contributed by atoms with Gasteiger partial charge in [0.2, 0.25) is 5.91 Å². The normalized spacial score (nSPS) is 16.4. The van der Waals surface area contributed by atoms with Crippen molar-refractivity contribution in [3.63, 3.8) is 0 Å². The van der Waals surface area contributed by atoms with Gasteiger partial charge in [0, 0.05) is 41.8 Å². The summed E-state index contributed by atoms with van der Waals surface area (Å²) in [7, 11) is 3.55. The molecule has 1 amide bonds. The van der Waals surface area contributed by atoms with Crippen LogP contribution in [-0.4, -0.2) is 33.0 Å². The van der Waals surface area contributed by atoms with Gasteiger partial charge in [-0.3, -0.25) is 14.6 Å². The van der Waals surface area contributed by atoms with E-state index in [1.165, 1.54) is 0 Å². The van der Waals surface area contributed by atoms with Crippen molar-refractivity contribution in [1.29, 1.82) is 0 Å². The van der Waals surface area contributed by atoms with Crippen LogP contribution in [0.4, 0.5) is 5.82 Å². The topological polar surface area (TPSA) is 84.8 Å². The smallest absolute Gasteiger partial charge is 0.226 e. The first-order chi connectivity index (χ1) is 12.1. The van der Waals surface area contributed by atoms with Crippen LogP contribution in [0.1, 0.15) is 29.2 Å². The first-order valence-corrected chi connectivity index (χ1v) is 8.09. The van der Waals surface area contributed by atoms with Crippen LogP contribution in [0.15, 0.2) is 30.5 Å². The Kier molecular flexibility index (Phi) is 3.56. The van der Waals surface area contributed by atoms with Gasteiger partial charge in [-0.1, -0.05) is 12.1 Å². The number of hydrogen-bond acceptors (Lipinski definition) is 4. The van der Waals surface area contributed by atoms with Crippen molar-refractivity contribution in [2.45, 2.75) is 19.3 Å². The van der Waals surface area contributed by atoms with Gasteiger partial charge in [-0.2, -0.15) is 10.2 Å². The number of benzene rings is 1. The maximum atomic E-state index is 12.2. The molecule has 0 spiro atoms. The summed E-state index contributed by atoms with van der Waals surface area (Å²) in [5.41, 5.74) is 4.94. The number of rotatable bonds is 3. The van der Waals surface area contributed by atoms with Gasteiger partial charge in [0.15, 0.2) is 5.82 Å². The zero-order chi connectivity index (χ0) is 17.6. The number of fused-ring (bicyclic) bond motifs is 1. The van der Waals surface area contributed by atoms with Crippen molar-refractivity contribution in [3.05, 3.63) is 47.3 Å². The Morgan fingerprint density at radius 3 is 2.92 bits per heavy atom. The number of aryl methyl sites for hydroxylation is 1. The summed E-state index contributed by atoms with van der Waals surface area (Å²) in [6.07, 6.45) is 2.21. The van der Waals surface area contributed by atoms with Crippen molar-refractivity contribution >= 4 is 11.7 Å². The van der Waals surface area contributed by atoms with Crippen molar-refractivity contribution in [2.75, 3.05) is 12.4 Å². The van der Waals surface area contributed by atoms with Crippen LogP contribution in [-0.2, 0) is 11.8 Å². The lowest BCUT2D eigenvalue weighted by molar-refractivity contribution is -0.116. The van der Waals surface area contributed by atoms with E-state index in [0.29, 0.717) is 12.2 Å². The molecule has 1 aromatic carbocycles. The molecular weight excluding hydrogens is 318 g/mol. The van der Waals surface area contributed by atoms with Crippen molar-refractivity contribution in [1.82, 2.24) is 20.0 Å². The highest BCUT2D eigenvalue weighted by Crippen LogP contribution is 2.42. The predicted molar refractivity (Wildman–Crippen MR) is 93.6 cm³/mol. The van der Waals surface area contributed by atoms with E-state index in [-0.39, 0.29) is 11.8 Å². The van der Waals surface area contributed by atoms with E-state index >= 15 is 0 Å². The molecule has 0 fully saturated rings. The predicted octanol–water partition coefficient (Wildman–Crippen LogP) is 2.60. The van der Waals surface area contributed by atoms with Crippen LogP contribution in [0.3, 0.4) is 0 Å². The van der Waals surface area contributed by atoms with Crippen LogP contribution >= 0.6 is 0 Å². The standard InChI is InChI=1S/C18H19N5O2/c1-10-14(9-19-23(10)2)13-8-15(24)20-18-16(13)17(21-22-18)11-5-4-6-12(7-11)25-3/h4-7,9,13H,8H2,1-3H3,(H2,20,21,22,24). The molecule has 1 aliphatic heterocycles. The van der Waals surface area contributed by atoms with Crippen molar-refractivity contribution in [3.8, 4) is 17.0 Å². The molecular formula is C18H19N5O2. The summed E-state index contributed by atoms with van der Waals surface area (Å²) in [6, 6.07) is 7.79. The second-order valence-electron chi connectivity index (χ2n) is 6.21. The minimum atomic E-state index is -0.0857. The van der Waals surface area contributed by atoms with Crippen LogP contribution in [0.2, 0.25) is 0 Å².